The second-order valence-electron chi connectivity index (χ2n) is 3.59. The zero-order valence-corrected chi connectivity index (χ0v) is 14.4. The molecule has 0 bridgehead atoms. The van der Waals surface area contributed by atoms with Gasteiger partial charge in [-0.1, -0.05) is 34.0 Å². The molecule has 98 valence electrons. The molecule has 1 aromatic carbocycles. The summed E-state index contributed by atoms with van der Waals surface area (Å²) >= 11 is 3.42. The van der Waals surface area contributed by atoms with Crippen molar-refractivity contribution >= 4 is 45.9 Å². The van der Waals surface area contributed by atoms with E-state index in [0.717, 1.165) is 17.0 Å². The van der Waals surface area contributed by atoms with Gasteiger partial charge in [0.15, 0.2) is 5.96 Å². The normalized spacial score (nSPS) is 10.2. The molecule has 0 radical (unpaired) electrons. The summed E-state index contributed by atoms with van der Waals surface area (Å²) in [6.07, 6.45) is 5.21. The van der Waals surface area contributed by atoms with E-state index in [1.54, 1.807) is 7.05 Å². The molecule has 0 spiro atoms. The van der Waals surface area contributed by atoms with Crippen LogP contribution in [-0.4, -0.2) is 31.5 Å². The van der Waals surface area contributed by atoms with E-state index in [9.17, 15) is 0 Å². The molecule has 0 atom stereocenters. The second kappa shape index (κ2) is 9.22. The van der Waals surface area contributed by atoms with Crippen molar-refractivity contribution < 1.29 is 0 Å². The molecule has 0 aliphatic carbocycles. The van der Waals surface area contributed by atoms with Crippen LogP contribution in [0.2, 0.25) is 0 Å². The second-order valence-corrected chi connectivity index (χ2v) is 4.50. The molecule has 1 aromatic rings. The van der Waals surface area contributed by atoms with Gasteiger partial charge in [0, 0.05) is 25.1 Å². The average Bonchev–Trinajstić information content (AvgIpc) is 2.33. The van der Waals surface area contributed by atoms with Crippen LogP contribution in [-0.2, 0) is 6.54 Å². The van der Waals surface area contributed by atoms with E-state index in [1.165, 1.54) is 5.56 Å². The van der Waals surface area contributed by atoms with Crippen LogP contribution in [0.5, 0.6) is 0 Å². The minimum Gasteiger partial charge on any atom is -0.345 e. The number of hydrogen-bond acceptors (Lipinski definition) is 1. The molecule has 0 aliphatic rings. The smallest absolute Gasteiger partial charge is 0.194 e. The summed E-state index contributed by atoms with van der Waals surface area (Å²) in [5.41, 5.74) is 1.22. The predicted octanol–water partition coefficient (Wildman–Crippen LogP) is 2.71. The number of rotatable bonds is 3. The summed E-state index contributed by atoms with van der Waals surface area (Å²) in [5, 5.41) is 3.08. The lowest BCUT2D eigenvalue weighted by atomic mass is 10.2. The minimum atomic E-state index is 0. The molecular weight excluding hydrogens is 405 g/mol. The molecular formula is C13H17BrIN3. The van der Waals surface area contributed by atoms with Crippen LogP contribution >= 0.6 is 39.9 Å². The van der Waals surface area contributed by atoms with Crippen molar-refractivity contribution in [2.75, 3.05) is 20.6 Å². The summed E-state index contributed by atoms with van der Waals surface area (Å²) in [5.74, 6) is 3.33. The van der Waals surface area contributed by atoms with E-state index in [2.05, 4.69) is 44.3 Å². The molecule has 0 heterocycles. The van der Waals surface area contributed by atoms with Crippen LogP contribution in [0.15, 0.2) is 33.7 Å². The maximum Gasteiger partial charge on any atom is 0.194 e. The molecule has 0 saturated carbocycles. The van der Waals surface area contributed by atoms with E-state index >= 15 is 0 Å². The van der Waals surface area contributed by atoms with Gasteiger partial charge < -0.3 is 10.2 Å². The van der Waals surface area contributed by atoms with Crippen molar-refractivity contribution in [3.05, 3.63) is 34.3 Å². The Morgan fingerprint density at radius 2 is 2.06 bits per heavy atom. The van der Waals surface area contributed by atoms with Gasteiger partial charge in [-0.15, -0.1) is 30.4 Å². The van der Waals surface area contributed by atoms with E-state index < -0.39 is 0 Å². The first-order valence-corrected chi connectivity index (χ1v) is 6.06. The number of halogens is 2. The highest BCUT2D eigenvalue weighted by atomic mass is 127. The zero-order chi connectivity index (χ0) is 12.7. The third-order valence-corrected chi connectivity index (χ3v) is 2.78. The van der Waals surface area contributed by atoms with Crippen LogP contribution in [0.3, 0.4) is 0 Å². The van der Waals surface area contributed by atoms with Crippen molar-refractivity contribution in [2.24, 2.45) is 4.99 Å². The molecule has 3 nitrogen and oxygen atoms in total. The number of benzene rings is 1. The van der Waals surface area contributed by atoms with Crippen molar-refractivity contribution in [1.82, 2.24) is 10.2 Å². The Hall–Kier alpha value is -0.740. The standard InChI is InChI=1S/C13H16BrN3.HI/c1-4-9-16-13(15-2)17(3)10-11-5-7-12(14)8-6-11;/h1,5-8H,9-10H2,2-3H3,(H,15,16);1H. The Morgan fingerprint density at radius 1 is 1.44 bits per heavy atom. The van der Waals surface area contributed by atoms with Gasteiger partial charge in [-0.05, 0) is 17.7 Å². The summed E-state index contributed by atoms with van der Waals surface area (Å²) in [7, 11) is 3.73. The fraction of sp³-hybridized carbons (Fsp3) is 0.308. The highest BCUT2D eigenvalue weighted by Gasteiger charge is 2.05. The number of nitrogens with one attached hydrogen (secondary N) is 1. The Labute approximate surface area is 134 Å². The molecule has 0 unspecified atom stereocenters. The third-order valence-electron chi connectivity index (χ3n) is 2.25. The number of hydrogen-bond donors (Lipinski definition) is 1. The van der Waals surface area contributed by atoms with Gasteiger partial charge in [0.25, 0.3) is 0 Å². The van der Waals surface area contributed by atoms with Crippen LogP contribution in [0.25, 0.3) is 0 Å². The summed E-state index contributed by atoms with van der Waals surface area (Å²) in [6.45, 7) is 1.27. The Morgan fingerprint density at radius 3 is 2.56 bits per heavy atom. The van der Waals surface area contributed by atoms with E-state index in [-0.39, 0.29) is 24.0 Å². The average molecular weight is 422 g/mol. The summed E-state index contributed by atoms with van der Waals surface area (Å²) in [6, 6.07) is 8.21. The van der Waals surface area contributed by atoms with Crippen LogP contribution in [0.1, 0.15) is 5.56 Å². The maximum atomic E-state index is 5.21. The number of aliphatic imine (C=N–C) groups is 1. The first-order valence-electron chi connectivity index (χ1n) is 5.27. The first kappa shape index (κ1) is 17.3. The minimum absolute atomic E-state index is 0. The SMILES string of the molecule is C#CCNC(=NC)N(C)Cc1ccc(Br)cc1.I. The monoisotopic (exact) mass is 421 g/mol. The molecule has 5 heteroatoms. The van der Waals surface area contributed by atoms with Gasteiger partial charge >= 0.3 is 0 Å². The van der Waals surface area contributed by atoms with E-state index in [0.29, 0.717) is 6.54 Å². The van der Waals surface area contributed by atoms with Crippen LogP contribution in [0, 0.1) is 12.3 Å². The van der Waals surface area contributed by atoms with Gasteiger partial charge in [-0.2, -0.15) is 0 Å². The molecule has 1 rings (SSSR count). The van der Waals surface area contributed by atoms with Gasteiger partial charge in [0.1, 0.15) is 0 Å². The van der Waals surface area contributed by atoms with Crippen LogP contribution < -0.4 is 5.32 Å². The topological polar surface area (TPSA) is 27.6 Å². The molecule has 0 saturated heterocycles. The Balaban J connectivity index is 0.00000289. The quantitative estimate of drug-likeness (QED) is 0.351. The number of terminal acetylenes is 1. The lowest BCUT2D eigenvalue weighted by molar-refractivity contribution is 0.481. The molecule has 0 fully saturated rings. The highest BCUT2D eigenvalue weighted by molar-refractivity contribution is 14.0. The molecule has 0 aromatic heterocycles. The largest absolute Gasteiger partial charge is 0.345 e. The highest BCUT2D eigenvalue weighted by Crippen LogP contribution is 2.11. The summed E-state index contributed by atoms with van der Waals surface area (Å²) in [4.78, 5) is 6.19. The van der Waals surface area contributed by atoms with Crippen molar-refractivity contribution in [1.29, 1.82) is 0 Å². The summed E-state index contributed by atoms with van der Waals surface area (Å²) < 4.78 is 1.08. The first-order chi connectivity index (χ1) is 8.17. The lowest BCUT2D eigenvalue weighted by Gasteiger charge is -2.21. The molecule has 0 aliphatic heterocycles. The van der Waals surface area contributed by atoms with Gasteiger partial charge in [0.2, 0.25) is 0 Å². The lowest BCUT2D eigenvalue weighted by Crippen LogP contribution is -2.38. The van der Waals surface area contributed by atoms with Gasteiger partial charge in [0.05, 0.1) is 6.54 Å². The zero-order valence-electron chi connectivity index (χ0n) is 10.5. The van der Waals surface area contributed by atoms with Crippen molar-refractivity contribution in [2.45, 2.75) is 6.54 Å². The molecule has 1 N–H and O–H groups in total. The molecule has 18 heavy (non-hydrogen) atoms. The van der Waals surface area contributed by atoms with E-state index in [1.807, 2.05) is 24.1 Å². The fourth-order valence-electron chi connectivity index (χ4n) is 1.45. The van der Waals surface area contributed by atoms with Crippen molar-refractivity contribution in [3.63, 3.8) is 0 Å². The van der Waals surface area contributed by atoms with E-state index in [4.69, 9.17) is 6.42 Å². The number of guanidine groups is 1. The maximum absolute atomic E-state index is 5.21. The Bertz CT molecular complexity index is 423. The third kappa shape index (κ3) is 5.74. The van der Waals surface area contributed by atoms with Crippen molar-refractivity contribution in [3.8, 4) is 12.3 Å². The fourth-order valence-corrected chi connectivity index (χ4v) is 1.72. The van der Waals surface area contributed by atoms with Crippen LogP contribution in [0.4, 0.5) is 0 Å². The molecule has 0 amide bonds. The Kier molecular flexibility index (Phi) is 8.85. The number of nitrogens with zero attached hydrogens (tertiary/aromatic N) is 2. The predicted molar refractivity (Wildman–Crippen MR) is 91.2 cm³/mol. The van der Waals surface area contributed by atoms with Gasteiger partial charge in [-0.25, -0.2) is 0 Å². The van der Waals surface area contributed by atoms with Gasteiger partial charge in [-0.3, -0.25) is 4.99 Å².